The first kappa shape index (κ1) is 23.8. The van der Waals surface area contributed by atoms with Crippen molar-refractivity contribution in [3.05, 3.63) is 81.1 Å². The highest BCUT2D eigenvalue weighted by molar-refractivity contribution is 5.80. The van der Waals surface area contributed by atoms with Crippen molar-refractivity contribution in [3.8, 4) is 5.69 Å². The normalized spacial score (nSPS) is 13.6. The average molecular weight is 482 g/mol. The van der Waals surface area contributed by atoms with Gasteiger partial charge in [0.1, 0.15) is 5.39 Å². The molecule has 3 heterocycles. The smallest absolute Gasteiger partial charge is 0.278 e. The number of fused-ring (bicyclic) bond motifs is 2. The molecule has 8 nitrogen and oxygen atoms in total. The summed E-state index contributed by atoms with van der Waals surface area (Å²) < 4.78 is 3.44. The lowest BCUT2D eigenvalue weighted by Crippen LogP contribution is -2.24. The first-order valence-corrected chi connectivity index (χ1v) is 12.3. The number of para-hydroxylation sites is 1. The van der Waals surface area contributed by atoms with E-state index in [1.807, 2.05) is 38.1 Å². The van der Waals surface area contributed by atoms with Crippen molar-refractivity contribution < 1.29 is 0 Å². The average Bonchev–Trinajstić information content (AvgIpc) is 3.14. The highest BCUT2D eigenvalue weighted by Crippen LogP contribution is 2.37. The van der Waals surface area contributed by atoms with Crippen LogP contribution in [0.5, 0.6) is 0 Å². The standard InChI is InChI=1S/C28H31N7O/c1-17(2)34-26(36)21-16-31-27(32-20-11-10-18-12-13-30-15-19(18)14-20)33-25(21)35(34)23-9-7-8-22(24(23)29-6)28(3,4)5/h7-11,14,16-17,30H,12-13,15H2,1-5H3,(H,31,32,33). The van der Waals surface area contributed by atoms with Crippen LogP contribution >= 0.6 is 0 Å². The predicted molar refractivity (Wildman–Crippen MR) is 144 cm³/mol. The number of hydrogen-bond donors (Lipinski definition) is 2. The number of aromatic nitrogens is 4. The molecule has 0 saturated carbocycles. The lowest BCUT2D eigenvalue weighted by Gasteiger charge is -2.24. The molecule has 2 aromatic carbocycles. The molecule has 0 spiro atoms. The van der Waals surface area contributed by atoms with E-state index in [9.17, 15) is 4.79 Å². The van der Waals surface area contributed by atoms with Crippen LogP contribution in [0, 0.1) is 6.57 Å². The summed E-state index contributed by atoms with van der Waals surface area (Å²) in [5.74, 6) is 0.400. The monoisotopic (exact) mass is 481 g/mol. The summed E-state index contributed by atoms with van der Waals surface area (Å²) in [4.78, 5) is 26.6. The van der Waals surface area contributed by atoms with Crippen LogP contribution in [0.15, 0.2) is 47.4 Å². The zero-order chi connectivity index (χ0) is 25.6. The molecule has 2 aromatic heterocycles. The maximum atomic E-state index is 13.4. The summed E-state index contributed by atoms with van der Waals surface area (Å²) >= 11 is 0. The van der Waals surface area contributed by atoms with Crippen molar-refractivity contribution >= 4 is 28.4 Å². The summed E-state index contributed by atoms with van der Waals surface area (Å²) in [5, 5.41) is 7.13. The lowest BCUT2D eigenvalue weighted by atomic mass is 9.85. The van der Waals surface area contributed by atoms with Crippen LogP contribution < -0.4 is 16.2 Å². The van der Waals surface area contributed by atoms with E-state index in [2.05, 4.69) is 53.4 Å². The van der Waals surface area contributed by atoms with Gasteiger partial charge in [-0.15, -0.1) is 0 Å². The number of nitrogens with one attached hydrogen (secondary N) is 2. The third-order valence-corrected chi connectivity index (χ3v) is 6.62. The topological polar surface area (TPSA) is 81.1 Å². The Bertz CT molecular complexity index is 1560. The van der Waals surface area contributed by atoms with Crippen LogP contribution in [-0.2, 0) is 18.4 Å². The largest absolute Gasteiger partial charge is 0.324 e. The Labute approximate surface area is 210 Å². The van der Waals surface area contributed by atoms with E-state index >= 15 is 0 Å². The van der Waals surface area contributed by atoms with Crippen LogP contribution in [0.3, 0.4) is 0 Å². The van der Waals surface area contributed by atoms with Gasteiger partial charge in [0.2, 0.25) is 11.6 Å². The predicted octanol–water partition coefficient (Wildman–Crippen LogP) is 5.40. The van der Waals surface area contributed by atoms with E-state index in [0.717, 1.165) is 30.8 Å². The minimum absolute atomic E-state index is 0.145. The summed E-state index contributed by atoms with van der Waals surface area (Å²) in [6, 6.07) is 11.9. The fourth-order valence-electron chi connectivity index (χ4n) is 4.87. The quantitative estimate of drug-likeness (QED) is 0.382. The van der Waals surface area contributed by atoms with E-state index in [-0.39, 0.29) is 17.0 Å². The second-order valence-electron chi connectivity index (χ2n) is 10.6. The summed E-state index contributed by atoms with van der Waals surface area (Å²) in [6.45, 7) is 20.0. The molecular weight excluding hydrogens is 450 g/mol. The van der Waals surface area contributed by atoms with Gasteiger partial charge in [-0.25, -0.2) is 19.2 Å². The van der Waals surface area contributed by atoms with Gasteiger partial charge in [-0.05, 0) is 67.1 Å². The maximum absolute atomic E-state index is 13.4. The minimum Gasteiger partial charge on any atom is -0.324 e. The van der Waals surface area contributed by atoms with Gasteiger partial charge in [-0.1, -0.05) is 39.0 Å². The Hall–Kier alpha value is -3.96. The summed E-state index contributed by atoms with van der Waals surface area (Å²) in [5.41, 5.74) is 5.66. The summed E-state index contributed by atoms with van der Waals surface area (Å²) in [7, 11) is 0. The highest BCUT2D eigenvalue weighted by Gasteiger charge is 2.25. The van der Waals surface area contributed by atoms with E-state index in [4.69, 9.17) is 11.6 Å². The molecule has 0 atom stereocenters. The molecule has 0 bridgehead atoms. The Balaban J connectivity index is 1.69. The van der Waals surface area contributed by atoms with E-state index in [1.54, 1.807) is 15.6 Å². The third-order valence-electron chi connectivity index (χ3n) is 6.62. The zero-order valence-corrected chi connectivity index (χ0v) is 21.4. The van der Waals surface area contributed by atoms with Crippen LogP contribution in [0.4, 0.5) is 17.3 Å². The van der Waals surface area contributed by atoms with Gasteiger partial charge >= 0.3 is 0 Å². The molecule has 0 radical (unpaired) electrons. The molecule has 0 unspecified atom stereocenters. The second-order valence-corrected chi connectivity index (χ2v) is 10.6. The SMILES string of the molecule is [C-]#[N+]c1c(-n2c3nc(Nc4ccc5c(c4)CNCC5)ncc3c(=O)n2C(C)C)cccc1C(C)(C)C. The van der Waals surface area contributed by atoms with Crippen molar-refractivity contribution in [1.82, 2.24) is 24.6 Å². The zero-order valence-electron chi connectivity index (χ0n) is 21.4. The molecule has 8 heteroatoms. The van der Waals surface area contributed by atoms with Gasteiger partial charge in [0, 0.05) is 24.5 Å². The number of rotatable bonds is 4. The molecule has 36 heavy (non-hydrogen) atoms. The molecule has 0 fully saturated rings. The minimum atomic E-state index is -0.231. The molecule has 0 amide bonds. The number of benzene rings is 2. The van der Waals surface area contributed by atoms with Crippen LogP contribution in [0.1, 0.15) is 57.4 Å². The van der Waals surface area contributed by atoms with Gasteiger partial charge in [0.25, 0.3) is 5.56 Å². The van der Waals surface area contributed by atoms with Gasteiger partial charge in [0.05, 0.1) is 12.3 Å². The molecule has 2 N–H and O–H groups in total. The molecule has 5 rings (SSSR count). The second kappa shape index (κ2) is 8.92. The molecule has 1 aliphatic rings. The fourth-order valence-corrected chi connectivity index (χ4v) is 4.87. The summed E-state index contributed by atoms with van der Waals surface area (Å²) in [6.07, 6.45) is 2.59. The Morgan fingerprint density at radius 2 is 1.97 bits per heavy atom. The maximum Gasteiger partial charge on any atom is 0.278 e. The lowest BCUT2D eigenvalue weighted by molar-refractivity contribution is 0.476. The van der Waals surface area contributed by atoms with E-state index in [1.165, 1.54) is 11.1 Å². The third kappa shape index (κ3) is 4.06. The van der Waals surface area contributed by atoms with Crippen molar-refractivity contribution in [2.45, 2.75) is 59.0 Å². The van der Waals surface area contributed by atoms with Crippen LogP contribution in [0.25, 0.3) is 21.6 Å². The van der Waals surface area contributed by atoms with E-state index < -0.39 is 0 Å². The number of hydrogen-bond acceptors (Lipinski definition) is 5. The van der Waals surface area contributed by atoms with Crippen molar-refractivity contribution in [2.75, 3.05) is 11.9 Å². The Morgan fingerprint density at radius 1 is 1.17 bits per heavy atom. The number of anilines is 2. The molecular formula is C28H31N7O. The van der Waals surface area contributed by atoms with Gasteiger partial charge in [-0.2, -0.15) is 4.98 Å². The van der Waals surface area contributed by atoms with Crippen molar-refractivity contribution in [3.63, 3.8) is 0 Å². The highest BCUT2D eigenvalue weighted by atomic mass is 16.1. The molecule has 184 valence electrons. The Morgan fingerprint density at radius 3 is 2.69 bits per heavy atom. The molecule has 1 aliphatic heterocycles. The Kier molecular flexibility index (Phi) is 5.89. The van der Waals surface area contributed by atoms with Gasteiger partial charge in [0.15, 0.2) is 5.65 Å². The molecule has 0 saturated heterocycles. The van der Waals surface area contributed by atoms with Gasteiger partial charge in [-0.3, -0.25) is 4.79 Å². The fraction of sp³-hybridized carbons (Fsp3) is 0.357. The van der Waals surface area contributed by atoms with Crippen LogP contribution in [-0.4, -0.2) is 25.9 Å². The first-order valence-electron chi connectivity index (χ1n) is 12.3. The van der Waals surface area contributed by atoms with Gasteiger partial charge < -0.3 is 10.6 Å². The molecule has 4 aromatic rings. The van der Waals surface area contributed by atoms with Crippen LogP contribution in [0.2, 0.25) is 0 Å². The van der Waals surface area contributed by atoms with Crippen molar-refractivity contribution in [1.29, 1.82) is 0 Å². The van der Waals surface area contributed by atoms with E-state index in [0.29, 0.717) is 28.4 Å². The van der Waals surface area contributed by atoms with Crippen molar-refractivity contribution in [2.24, 2.45) is 0 Å². The number of nitrogens with zero attached hydrogens (tertiary/aromatic N) is 5. The molecule has 0 aliphatic carbocycles. The first-order chi connectivity index (χ1) is 17.2.